The van der Waals surface area contributed by atoms with Crippen LogP contribution in [0.1, 0.15) is 17.0 Å². The zero-order valence-corrected chi connectivity index (χ0v) is 17.3. The van der Waals surface area contributed by atoms with E-state index >= 15 is 0 Å². The number of hydrogen-bond acceptors (Lipinski definition) is 6. The number of halogens is 1. The first-order chi connectivity index (χ1) is 14.1. The van der Waals surface area contributed by atoms with Gasteiger partial charge in [-0.1, -0.05) is 34.1 Å². The second-order valence-electron chi connectivity index (χ2n) is 6.36. The number of benzene rings is 2. The van der Waals surface area contributed by atoms with Crippen LogP contribution in [0, 0.1) is 11.3 Å². The topological polar surface area (TPSA) is 106 Å². The Kier molecular flexibility index (Phi) is 4.91. The molecule has 0 saturated carbocycles. The number of H-pyrrole nitrogens is 1. The van der Waals surface area contributed by atoms with E-state index < -0.39 is 5.92 Å². The van der Waals surface area contributed by atoms with Gasteiger partial charge in [0.25, 0.3) is 0 Å². The highest BCUT2D eigenvalue weighted by atomic mass is 79.9. The highest BCUT2D eigenvalue weighted by Gasteiger charge is 2.36. The average molecular weight is 453 g/mol. The first-order valence-electron chi connectivity index (χ1n) is 8.71. The van der Waals surface area contributed by atoms with Crippen molar-refractivity contribution < 1.29 is 14.2 Å². The monoisotopic (exact) mass is 452 g/mol. The van der Waals surface area contributed by atoms with Crippen LogP contribution in [0.2, 0.25) is 0 Å². The van der Waals surface area contributed by atoms with Crippen LogP contribution in [-0.2, 0) is 0 Å². The minimum atomic E-state index is -0.471. The molecule has 2 aromatic carbocycles. The fourth-order valence-electron chi connectivity index (χ4n) is 3.45. The Hall–Kier alpha value is -3.44. The van der Waals surface area contributed by atoms with Gasteiger partial charge >= 0.3 is 0 Å². The van der Waals surface area contributed by atoms with E-state index in [9.17, 15) is 5.26 Å². The smallest absolute Gasteiger partial charge is 0.244 e. The number of allylic oxidation sites excluding steroid dienone is 1. The highest BCUT2D eigenvalue weighted by Crippen LogP contribution is 2.47. The van der Waals surface area contributed by atoms with Crippen LogP contribution in [0.3, 0.4) is 0 Å². The maximum absolute atomic E-state index is 9.82. The SMILES string of the molecule is COc1ccc([C@@H]2C(C#N)=C(N)Oc3n[nH]c(-c4ccc(Br)cc4)c32)cc1OC. The summed E-state index contributed by atoms with van der Waals surface area (Å²) in [6, 6.07) is 15.5. The van der Waals surface area contributed by atoms with E-state index in [0.29, 0.717) is 23.0 Å². The summed E-state index contributed by atoms with van der Waals surface area (Å²) in [5.74, 6) is 1.07. The van der Waals surface area contributed by atoms with Crippen molar-refractivity contribution in [1.82, 2.24) is 10.2 Å². The fourth-order valence-corrected chi connectivity index (χ4v) is 3.71. The molecule has 3 aromatic rings. The third kappa shape index (κ3) is 3.19. The molecule has 3 N–H and O–H groups in total. The summed E-state index contributed by atoms with van der Waals surface area (Å²) in [5, 5.41) is 17.1. The largest absolute Gasteiger partial charge is 0.493 e. The minimum Gasteiger partial charge on any atom is -0.493 e. The first kappa shape index (κ1) is 18.9. The van der Waals surface area contributed by atoms with Crippen molar-refractivity contribution >= 4 is 15.9 Å². The van der Waals surface area contributed by atoms with Gasteiger partial charge in [-0.25, -0.2) is 0 Å². The fraction of sp³-hybridized carbons (Fsp3) is 0.143. The lowest BCUT2D eigenvalue weighted by Crippen LogP contribution is -2.21. The molecule has 1 aliphatic heterocycles. The number of ether oxygens (including phenoxy) is 3. The number of aromatic amines is 1. The summed E-state index contributed by atoms with van der Waals surface area (Å²) in [4.78, 5) is 0. The first-order valence-corrected chi connectivity index (χ1v) is 9.50. The molecule has 0 spiro atoms. The Morgan fingerprint density at radius 3 is 2.52 bits per heavy atom. The average Bonchev–Trinajstić information content (AvgIpc) is 3.16. The van der Waals surface area contributed by atoms with Gasteiger partial charge in [0.05, 0.1) is 31.4 Å². The van der Waals surface area contributed by atoms with Gasteiger partial charge in [-0.3, -0.25) is 5.10 Å². The van der Waals surface area contributed by atoms with E-state index in [1.165, 1.54) is 0 Å². The molecule has 0 amide bonds. The van der Waals surface area contributed by atoms with Gasteiger partial charge in [-0.15, -0.1) is 5.10 Å². The van der Waals surface area contributed by atoms with E-state index in [1.807, 2.05) is 36.4 Å². The minimum absolute atomic E-state index is 0.0358. The molecule has 1 aromatic heterocycles. The van der Waals surface area contributed by atoms with Crippen molar-refractivity contribution in [2.24, 2.45) is 5.73 Å². The molecule has 0 bridgehead atoms. The van der Waals surface area contributed by atoms with Crippen LogP contribution in [0.15, 0.2) is 58.4 Å². The quantitative estimate of drug-likeness (QED) is 0.617. The standard InChI is InChI=1S/C21H17BrN4O3/c1-27-15-8-5-12(9-16(15)28-2)17-14(10-23)20(24)29-21-18(17)19(25-26-21)11-3-6-13(22)7-4-11/h3-9,17H,24H2,1-2H3,(H,25,26)/t17-/m1/s1. The van der Waals surface area contributed by atoms with Crippen LogP contribution in [0.4, 0.5) is 0 Å². The van der Waals surface area contributed by atoms with Gasteiger partial charge in [0.2, 0.25) is 11.8 Å². The second kappa shape index (κ2) is 7.53. The molecule has 2 heterocycles. The van der Waals surface area contributed by atoms with E-state index in [1.54, 1.807) is 20.3 Å². The summed E-state index contributed by atoms with van der Waals surface area (Å²) >= 11 is 3.45. The molecule has 1 aliphatic rings. The predicted octanol–water partition coefficient (Wildman–Crippen LogP) is 4.07. The number of nitriles is 1. The number of nitrogens with two attached hydrogens (primary N) is 1. The van der Waals surface area contributed by atoms with Gasteiger partial charge in [0.1, 0.15) is 11.6 Å². The maximum Gasteiger partial charge on any atom is 0.244 e. The Morgan fingerprint density at radius 1 is 1.14 bits per heavy atom. The van der Waals surface area contributed by atoms with Gasteiger partial charge < -0.3 is 19.9 Å². The maximum atomic E-state index is 9.82. The molecule has 4 rings (SSSR count). The van der Waals surface area contributed by atoms with Crippen molar-refractivity contribution in [3.8, 4) is 34.7 Å². The molecule has 0 unspecified atom stereocenters. The van der Waals surface area contributed by atoms with Gasteiger partial charge in [0, 0.05) is 10.0 Å². The number of nitrogens with one attached hydrogen (secondary N) is 1. The summed E-state index contributed by atoms with van der Waals surface area (Å²) in [5.41, 5.74) is 9.58. The zero-order valence-electron chi connectivity index (χ0n) is 15.7. The number of nitrogens with zero attached hydrogens (tertiary/aromatic N) is 2. The number of fused-ring (bicyclic) bond motifs is 1. The number of rotatable bonds is 4. The molecule has 0 fully saturated rings. The van der Waals surface area contributed by atoms with Crippen molar-refractivity contribution in [3.63, 3.8) is 0 Å². The molecule has 7 nitrogen and oxygen atoms in total. The number of hydrogen-bond donors (Lipinski definition) is 2. The molecule has 0 saturated heterocycles. The Morgan fingerprint density at radius 2 is 1.86 bits per heavy atom. The normalized spacial score (nSPS) is 15.3. The molecule has 1 atom stereocenters. The Bertz CT molecular complexity index is 1150. The van der Waals surface area contributed by atoms with Crippen molar-refractivity contribution in [1.29, 1.82) is 5.26 Å². The molecule has 0 aliphatic carbocycles. The lowest BCUT2D eigenvalue weighted by atomic mass is 9.83. The lowest BCUT2D eigenvalue weighted by molar-refractivity contribution is 0.354. The van der Waals surface area contributed by atoms with E-state index in [-0.39, 0.29) is 5.88 Å². The Labute approximate surface area is 175 Å². The summed E-state index contributed by atoms with van der Waals surface area (Å²) < 4.78 is 17.4. The molecule has 146 valence electrons. The van der Waals surface area contributed by atoms with Gasteiger partial charge in [-0.05, 0) is 29.8 Å². The third-order valence-corrected chi connectivity index (χ3v) is 5.34. The number of aromatic nitrogens is 2. The number of methoxy groups -OCH3 is 2. The van der Waals surface area contributed by atoms with Gasteiger partial charge in [0.15, 0.2) is 11.5 Å². The van der Waals surface area contributed by atoms with Crippen LogP contribution in [0.25, 0.3) is 11.3 Å². The summed E-state index contributed by atoms with van der Waals surface area (Å²) in [6.07, 6.45) is 0. The van der Waals surface area contributed by atoms with Gasteiger partial charge in [-0.2, -0.15) is 5.26 Å². The molecule has 8 heteroatoms. The molecule has 0 radical (unpaired) electrons. The van der Waals surface area contributed by atoms with Crippen molar-refractivity contribution in [2.45, 2.75) is 5.92 Å². The molecular weight excluding hydrogens is 436 g/mol. The lowest BCUT2D eigenvalue weighted by Gasteiger charge is -2.24. The summed E-state index contributed by atoms with van der Waals surface area (Å²) in [7, 11) is 3.14. The molecule has 29 heavy (non-hydrogen) atoms. The van der Waals surface area contributed by atoms with Crippen LogP contribution < -0.4 is 19.9 Å². The summed E-state index contributed by atoms with van der Waals surface area (Å²) in [6.45, 7) is 0. The molecular formula is C21H17BrN4O3. The van der Waals surface area contributed by atoms with Crippen LogP contribution >= 0.6 is 15.9 Å². The van der Waals surface area contributed by atoms with Crippen molar-refractivity contribution in [3.05, 3.63) is 69.5 Å². The second-order valence-corrected chi connectivity index (χ2v) is 7.28. The van der Waals surface area contributed by atoms with Crippen LogP contribution in [-0.4, -0.2) is 24.4 Å². The van der Waals surface area contributed by atoms with E-state index in [2.05, 4.69) is 32.2 Å². The third-order valence-electron chi connectivity index (χ3n) is 4.81. The highest BCUT2D eigenvalue weighted by molar-refractivity contribution is 9.10. The van der Waals surface area contributed by atoms with Crippen LogP contribution in [0.5, 0.6) is 17.4 Å². The van der Waals surface area contributed by atoms with Crippen molar-refractivity contribution in [2.75, 3.05) is 14.2 Å². The zero-order chi connectivity index (χ0) is 20.5. The Balaban J connectivity index is 1.93. The van der Waals surface area contributed by atoms with E-state index in [0.717, 1.165) is 26.9 Å². The van der Waals surface area contributed by atoms with E-state index in [4.69, 9.17) is 19.9 Å². The predicted molar refractivity (Wildman–Crippen MR) is 111 cm³/mol.